The number of carbonyl (C=O) groups is 1. The molecule has 1 saturated heterocycles. The molecule has 0 atom stereocenters. The summed E-state index contributed by atoms with van der Waals surface area (Å²) in [5.41, 5.74) is 0. The van der Waals surface area contributed by atoms with E-state index in [1.807, 2.05) is 0 Å². The predicted molar refractivity (Wildman–Crippen MR) is 49.5 cm³/mol. The molecule has 0 amide bonds. The molecule has 0 aromatic rings. The van der Waals surface area contributed by atoms with E-state index >= 15 is 0 Å². The molecule has 4 heteroatoms. The van der Waals surface area contributed by atoms with E-state index in [9.17, 15) is 4.79 Å². The third kappa shape index (κ3) is 3.93. The topological polar surface area (TPSA) is 38.3 Å². The van der Waals surface area contributed by atoms with Crippen LogP contribution in [0.25, 0.3) is 0 Å². The summed E-state index contributed by atoms with van der Waals surface area (Å²) < 4.78 is 35.1. The highest BCUT2D eigenvalue weighted by molar-refractivity contribution is 5.85. The molecule has 1 aliphatic heterocycles. The van der Waals surface area contributed by atoms with Crippen LogP contribution in [-0.4, -0.2) is 26.2 Å². The second-order valence-electron chi connectivity index (χ2n) is 2.34. The molecule has 0 saturated carbocycles. The largest absolute Gasteiger partial charge is 0.469 e. The highest BCUT2D eigenvalue weighted by Crippen LogP contribution is 2.15. The Morgan fingerprint density at radius 2 is 2.25 bits per heavy atom. The molecule has 0 aromatic heterocycles. The van der Waals surface area contributed by atoms with Crippen molar-refractivity contribution < 1.29 is 15.0 Å². The number of methoxy groups -OCH3 is 1. The molecule has 0 aromatic carbocycles. The van der Waals surface area contributed by atoms with Gasteiger partial charge in [-0.1, -0.05) is 0 Å². The minimum atomic E-state index is -1.73. The van der Waals surface area contributed by atoms with E-state index in [0.717, 1.165) is 0 Å². The number of nitrogens with one attached hydrogen (secondary N) is 1. The van der Waals surface area contributed by atoms with Crippen molar-refractivity contribution in [1.82, 2.24) is 5.32 Å². The lowest BCUT2D eigenvalue weighted by Gasteiger charge is -2.20. The van der Waals surface area contributed by atoms with E-state index in [2.05, 4.69) is 10.1 Å². The van der Waals surface area contributed by atoms with Gasteiger partial charge in [-0.2, -0.15) is 0 Å². The van der Waals surface area contributed by atoms with Crippen LogP contribution in [-0.2, 0) is 9.53 Å². The first-order chi connectivity index (χ1) is 6.79. The van der Waals surface area contributed by atoms with E-state index in [4.69, 9.17) is 5.48 Å². The van der Waals surface area contributed by atoms with E-state index in [0.29, 0.717) is 0 Å². The Balaban J connectivity index is 0.00000225. The number of ether oxygens (including phenoxy) is 1. The number of esters is 1. The number of halogens is 1. The van der Waals surface area contributed by atoms with Gasteiger partial charge in [-0.25, -0.2) is 0 Å². The molecule has 1 N–H and O–H groups in total. The number of hydrogen-bond donors (Lipinski definition) is 1. The second-order valence-corrected chi connectivity index (χ2v) is 2.34. The van der Waals surface area contributed by atoms with Gasteiger partial charge in [-0.15, -0.1) is 12.4 Å². The Kier molecular flexibility index (Phi) is 3.24. The molecule has 0 bridgehead atoms. The molecule has 0 aliphatic carbocycles. The van der Waals surface area contributed by atoms with Crippen molar-refractivity contribution in [3.8, 4) is 0 Å². The zero-order chi connectivity index (χ0) is 11.7. The zero-order valence-electron chi connectivity index (χ0n) is 10.9. The summed E-state index contributed by atoms with van der Waals surface area (Å²) in [6, 6.07) is 0. The Morgan fingerprint density at radius 1 is 1.67 bits per heavy atom. The Bertz CT molecular complexity index is 246. The molecule has 12 heavy (non-hydrogen) atoms. The zero-order valence-corrected chi connectivity index (χ0v) is 7.74. The van der Waals surface area contributed by atoms with E-state index < -0.39 is 24.6 Å². The van der Waals surface area contributed by atoms with Gasteiger partial charge in [0.05, 0.1) is 7.11 Å². The third-order valence-corrected chi connectivity index (χ3v) is 1.55. The van der Waals surface area contributed by atoms with Crippen molar-refractivity contribution in [2.45, 2.75) is 19.2 Å². The molecule has 1 fully saturated rings. The first-order valence-corrected chi connectivity index (χ1v) is 3.57. The lowest BCUT2D eigenvalue weighted by atomic mass is 9.95. The molecule has 72 valence electrons. The average molecular weight is 198 g/mol. The average Bonchev–Trinajstić information content (AvgIpc) is 2.10. The molecule has 1 heterocycles. The van der Waals surface area contributed by atoms with Crippen LogP contribution >= 0.6 is 12.4 Å². The fourth-order valence-electron chi connectivity index (χ4n) is 0.920. The standard InChI is InChI=1S/C8H15NO2.ClH/c1-11-8(10)6-7-2-4-9-5-3-7;/h7,9H,2-6H2,1H3;1H/i2D2,3D2;. The summed E-state index contributed by atoms with van der Waals surface area (Å²) in [7, 11) is 1.22. The normalized spacial score (nSPS) is 31.4. The number of rotatable bonds is 2. The fraction of sp³-hybridized carbons (Fsp3) is 0.875. The molecule has 0 unspecified atom stereocenters. The smallest absolute Gasteiger partial charge is 0.305 e. The summed E-state index contributed by atoms with van der Waals surface area (Å²) >= 11 is 0. The minimum absolute atomic E-state index is 0. The lowest BCUT2D eigenvalue weighted by molar-refractivity contribution is -0.141. The highest BCUT2D eigenvalue weighted by Gasteiger charge is 2.16. The molecule has 0 radical (unpaired) electrons. The van der Waals surface area contributed by atoms with Gasteiger partial charge in [0, 0.05) is 11.9 Å². The van der Waals surface area contributed by atoms with Crippen LogP contribution < -0.4 is 5.32 Å². The number of piperidine rings is 1. The monoisotopic (exact) mass is 197 g/mol. The molecule has 1 rings (SSSR count). The van der Waals surface area contributed by atoms with Crippen LogP contribution in [0.2, 0.25) is 0 Å². The predicted octanol–water partition coefficient (Wildman–Crippen LogP) is 0.971. The Labute approximate surface area is 84.9 Å². The molecule has 3 nitrogen and oxygen atoms in total. The van der Waals surface area contributed by atoms with Crippen molar-refractivity contribution >= 4 is 18.4 Å². The number of carbonyl (C=O) groups excluding carboxylic acids is 1. The van der Waals surface area contributed by atoms with Crippen LogP contribution in [0.15, 0.2) is 0 Å². The summed E-state index contributed by atoms with van der Waals surface area (Å²) in [5, 5.41) is 2.68. The van der Waals surface area contributed by atoms with Crippen LogP contribution in [0.1, 0.15) is 24.6 Å². The third-order valence-electron chi connectivity index (χ3n) is 1.55. The summed E-state index contributed by atoms with van der Waals surface area (Å²) in [4.78, 5) is 11.1. The van der Waals surface area contributed by atoms with Gasteiger partial charge in [0.25, 0.3) is 0 Å². The van der Waals surface area contributed by atoms with Gasteiger partial charge in [0.2, 0.25) is 0 Å². The van der Waals surface area contributed by atoms with Gasteiger partial charge in [0.1, 0.15) is 0 Å². The summed E-state index contributed by atoms with van der Waals surface area (Å²) in [5.74, 6) is -1.53. The maximum atomic E-state index is 11.1. The van der Waals surface area contributed by atoms with Gasteiger partial charge in [-0.3, -0.25) is 4.79 Å². The van der Waals surface area contributed by atoms with Crippen LogP contribution in [0.3, 0.4) is 0 Å². The lowest BCUT2D eigenvalue weighted by Crippen LogP contribution is -2.29. The van der Waals surface area contributed by atoms with Crippen LogP contribution in [0, 0.1) is 5.92 Å². The van der Waals surface area contributed by atoms with Crippen molar-refractivity contribution in [2.24, 2.45) is 5.92 Å². The van der Waals surface area contributed by atoms with Gasteiger partial charge < -0.3 is 10.1 Å². The van der Waals surface area contributed by atoms with Gasteiger partial charge in [0.15, 0.2) is 0 Å². The Morgan fingerprint density at radius 3 is 2.75 bits per heavy atom. The van der Waals surface area contributed by atoms with Gasteiger partial charge >= 0.3 is 5.97 Å². The van der Waals surface area contributed by atoms with Crippen LogP contribution in [0.5, 0.6) is 0 Å². The van der Waals surface area contributed by atoms with Crippen molar-refractivity contribution in [3.63, 3.8) is 0 Å². The van der Waals surface area contributed by atoms with E-state index in [-0.39, 0.29) is 31.9 Å². The summed E-state index contributed by atoms with van der Waals surface area (Å²) in [6.45, 7) is 0.127. The number of hydrogen-bond acceptors (Lipinski definition) is 3. The van der Waals surface area contributed by atoms with Crippen molar-refractivity contribution in [2.75, 3.05) is 20.2 Å². The second kappa shape index (κ2) is 6.26. The van der Waals surface area contributed by atoms with Gasteiger partial charge in [-0.05, 0) is 31.8 Å². The molecule has 0 spiro atoms. The van der Waals surface area contributed by atoms with E-state index in [1.54, 1.807) is 0 Å². The molecule has 1 aliphatic rings. The minimum Gasteiger partial charge on any atom is -0.469 e. The summed E-state index contributed by atoms with van der Waals surface area (Å²) in [6.07, 6.45) is -3.68. The molecular weight excluding hydrogens is 178 g/mol. The first-order valence-electron chi connectivity index (χ1n) is 5.57. The first kappa shape index (κ1) is 6.22. The van der Waals surface area contributed by atoms with E-state index in [1.165, 1.54) is 7.11 Å². The maximum Gasteiger partial charge on any atom is 0.305 e. The quantitative estimate of drug-likeness (QED) is 0.671. The van der Waals surface area contributed by atoms with Crippen LogP contribution in [0.4, 0.5) is 0 Å². The molecular formula is C8H16ClNO2. The maximum absolute atomic E-state index is 11.1. The van der Waals surface area contributed by atoms with Crippen molar-refractivity contribution in [3.05, 3.63) is 0 Å². The van der Waals surface area contributed by atoms with Crippen molar-refractivity contribution in [1.29, 1.82) is 0 Å². The Hall–Kier alpha value is -0.280. The fourth-order valence-corrected chi connectivity index (χ4v) is 0.920. The highest BCUT2D eigenvalue weighted by atomic mass is 35.5. The SMILES string of the molecule is Cl.[2H]C1([2H])CNCC([2H])([2H])C1CC(=O)OC.